The second-order valence-electron chi connectivity index (χ2n) is 3.38. The minimum absolute atomic E-state index is 0.249. The SMILES string of the molecule is O=c1[nH]c2cc(Cl)c(Cl)c(C(F)(F)F)c2[nH]c1=O. The molecule has 2 N–H and O–H groups in total. The van der Waals surface area contributed by atoms with Crippen LogP contribution in [0.15, 0.2) is 15.7 Å². The van der Waals surface area contributed by atoms with E-state index in [4.69, 9.17) is 23.2 Å². The van der Waals surface area contributed by atoms with Gasteiger partial charge in [0.2, 0.25) is 0 Å². The number of hydrogen-bond donors (Lipinski definition) is 2. The number of hydrogen-bond acceptors (Lipinski definition) is 2. The van der Waals surface area contributed by atoms with Crippen LogP contribution in [0, 0.1) is 0 Å². The largest absolute Gasteiger partial charge is 0.419 e. The number of benzene rings is 1. The van der Waals surface area contributed by atoms with Crippen LogP contribution in [-0.4, -0.2) is 9.97 Å². The van der Waals surface area contributed by atoms with Crippen LogP contribution >= 0.6 is 23.2 Å². The van der Waals surface area contributed by atoms with Gasteiger partial charge in [-0.3, -0.25) is 9.59 Å². The second kappa shape index (κ2) is 4.03. The highest BCUT2D eigenvalue weighted by molar-refractivity contribution is 6.43. The Morgan fingerprint density at radius 3 is 2.17 bits per heavy atom. The molecular weight excluding hydrogens is 296 g/mol. The van der Waals surface area contributed by atoms with Crippen molar-refractivity contribution in [3.63, 3.8) is 0 Å². The van der Waals surface area contributed by atoms with E-state index in [-0.39, 0.29) is 10.5 Å². The Labute approximate surface area is 106 Å². The normalized spacial score (nSPS) is 12.1. The molecule has 1 heterocycles. The lowest BCUT2D eigenvalue weighted by atomic mass is 10.1. The van der Waals surface area contributed by atoms with E-state index in [0.29, 0.717) is 0 Å². The third-order valence-corrected chi connectivity index (χ3v) is 2.98. The third-order valence-electron chi connectivity index (χ3n) is 2.20. The summed E-state index contributed by atoms with van der Waals surface area (Å²) >= 11 is 11.0. The summed E-state index contributed by atoms with van der Waals surface area (Å²) < 4.78 is 38.5. The first-order valence-corrected chi connectivity index (χ1v) is 5.19. The van der Waals surface area contributed by atoms with Crippen LogP contribution in [0.3, 0.4) is 0 Å². The zero-order valence-electron chi connectivity index (χ0n) is 8.28. The van der Waals surface area contributed by atoms with Crippen molar-refractivity contribution in [3.8, 4) is 0 Å². The van der Waals surface area contributed by atoms with Gasteiger partial charge in [-0.2, -0.15) is 13.2 Å². The maximum atomic E-state index is 12.8. The average molecular weight is 299 g/mol. The molecule has 0 atom stereocenters. The van der Waals surface area contributed by atoms with Crippen LogP contribution in [0.4, 0.5) is 13.2 Å². The number of nitrogens with one attached hydrogen (secondary N) is 2. The van der Waals surface area contributed by atoms with Crippen LogP contribution in [0.1, 0.15) is 5.56 Å². The number of fused-ring (bicyclic) bond motifs is 1. The van der Waals surface area contributed by atoms with Crippen LogP contribution < -0.4 is 11.1 Å². The molecule has 4 nitrogen and oxygen atoms in total. The molecule has 0 saturated carbocycles. The van der Waals surface area contributed by atoms with Crippen molar-refractivity contribution in [2.45, 2.75) is 6.18 Å². The van der Waals surface area contributed by atoms with Gasteiger partial charge in [-0.1, -0.05) is 23.2 Å². The first kappa shape index (κ1) is 13.0. The number of rotatable bonds is 0. The highest BCUT2D eigenvalue weighted by atomic mass is 35.5. The molecule has 0 unspecified atom stereocenters. The summed E-state index contributed by atoms with van der Waals surface area (Å²) in [5.74, 6) is 0. The van der Waals surface area contributed by atoms with Gasteiger partial charge in [0.05, 0.1) is 21.1 Å². The molecule has 2 rings (SSSR count). The maximum absolute atomic E-state index is 12.8. The van der Waals surface area contributed by atoms with Gasteiger partial charge in [0.25, 0.3) is 0 Å². The molecular formula is C9H3Cl2F3N2O2. The van der Waals surface area contributed by atoms with E-state index >= 15 is 0 Å². The zero-order chi connectivity index (χ0) is 13.7. The molecule has 0 amide bonds. The lowest BCUT2D eigenvalue weighted by Crippen LogP contribution is -2.29. The van der Waals surface area contributed by atoms with Gasteiger partial charge in [0, 0.05) is 0 Å². The maximum Gasteiger partial charge on any atom is 0.419 e. The molecule has 0 aliphatic rings. The predicted molar refractivity (Wildman–Crippen MR) is 60.2 cm³/mol. The van der Waals surface area contributed by atoms with Crippen molar-refractivity contribution in [1.29, 1.82) is 0 Å². The molecule has 0 aliphatic carbocycles. The first-order valence-electron chi connectivity index (χ1n) is 4.43. The van der Waals surface area contributed by atoms with Gasteiger partial charge < -0.3 is 9.97 Å². The Morgan fingerprint density at radius 1 is 1.06 bits per heavy atom. The fourth-order valence-electron chi connectivity index (χ4n) is 1.47. The summed E-state index contributed by atoms with van der Waals surface area (Å²) in [4.78, 5) is 25.9. The van der Waals surface area contributed by atoms with E-state index in [1.54, 1.807) is 0 Å². The number of halogens is 5. The van der Waals surface area contributed by atoms with Gasteiger partial charge >= 0.3 is 17.3 Å². The van der Waals surface area contributed by atoms with Crippen molar-refractivity contribution in [3.05, 3.63) is 42.4 Å². The molecule has 96 valence electrons. The standard InChI is InChI=1S/C9H3Cl2F3N2O2/c10-2-1-3-6(16-8(18)7(17)15-3)4(5(2)11)9(12,13)14/h1H,(H,15,17)(H,16,18). The highest BCUT2D eigenvalue weighted by Crippen LogP contribution is 2.41. The molecule has 0 radical (unpaired) electrons. The molecule has 0 bridgehead atoms. The zero-order valence-corrected chi connectivity index (χ0v) is 9.80. The third kappa shape index (κ3) is 1.99. The minimum atomic E-state index is -4.82. The van der Waals surface area contributed by atoms with Crippen LogP contribution in [0.5, 0.6) is 0 Å². The van der Waals surface area contributed by atoms with E-state index in [2.05, 4.69) is 0 Å². The van der Waals surface area contributed by atoms with E-state index < -0.39 is 33.4 Å². The molecule has 0 fully saturated rings. The summed E-state index contributed by atoms with van der Waals surface area (Å²) in [5, 5.41) is -1.11. The van der Waals surface area contributed by atoms with Crippen molar-refractivity contribution >= 4 is 34.2 Å². The lowest BCUT2D eigenvalue weighted by Gasteiger charge is -2.12. The highest BCUT2D eigenvalue weighted by Gasteiger charge is 2.37. The molecule has 1 aromatic carbocycles. The van der Waals surface area contributed by atoms with Gasteiger partial charge in [-0.25, -0.2) is 0 Å². The topological polar surface area (TPSA) is 65.7 Å². The van der Waals surface area contributed by atoms with E-state index in [9.17, 15) is 22.8 Å². The van der Waals surface area contributed by atoms with Gasteiger partial charge in [-0.15, -0.1) is 0 Å². The average Bonchev–Trinajstić information content (AvgIpc) is 2.21. The molecule has 0 spiro atoms. The van der Waals surface area contributed by atoms with E-state index in [1.165, 1.54) is 0 Å². The monoisotopic (exact) mass is 298 g/mol. The van der Waals surface area contributed by atoms with Crippen molar-refractivity contribution in [2.75, 3.05) is 0 Å². The fourth-order valence-corrected chi connectivity index (χ4v) is 1.93. The van der Waals surface area contributed by atoms with Crippen LogP contribution in [0.2, 0.25) is 10.0 Å². The van der Waals surface area contributed by atoms with Crippen LogP contribution in [-0.2, 0) is 6.18 Å². The van der Waals surface area contributed by atoms with Gasteiger partial charge in [0.15, 0.2) is 0 Å². The quantitative estimate of drug-likeness (QED) is 0.734. The van der Waals surface area contributed by atoms with Crippen LogP contribution in [0.25, 0.3) is 11.0 Å². The second-order valence-corrected chi connectivity index (χ2v) is 4.16. The number of aromatic nitrogens is 2. The minimum Gasteiger partial charge on any atom is -0.316 e. The smallest absolute Gasteiger partial charge is 0.316 e. The Bertz CT molecular complexity index is 748. The van der Waals surface area contributed by atoms with E-state index in [0.717, 1.165) is 6.07 Å². The molecule has 2 aromatic rings. The van der Waals surface area contributed by atoms with Crippen molar-refractivity contribution < 1.29 is 13.2 Å². The van der Waals surface area contributed by atoms with E-state index in [1.807, 2.05) is 9.97 Å². The summed E-state index contributed by atoms with van der Waals surface area (Å²) in [5.41, 5.74) is -4.43. The Hall–Kier alpha value is -1.47. The Kier molecular flexibility index (Phi) is 2.90. The summed E-state index contributed by atoms with van der Waals surface area (Å²) in [7, 11) is 0. The number of H-pyrrole nitrogens is 2. The van der Waals surface area contributed by atoms with Gasteiger partial charge in [-0.05, 0) is 6.07 Å². The summed E-state index contributed by atoms with van der Waals surface area (Å²) in [6.45, 7) is 0. The fraction of sp³-hybridized carbons (Fsp3) is 0.111. The molecule has 18 heavy (non-hydrogen) atoms. The van der Waals surface area contributed by atoms with Crippen molar-refractivity contribution in [1.82, 2.24) is 9.97 Å². The Balaban J connectivity index is 3.07. The summed E-state index contributed by atoms with van der Waals surface area (Å²) in [6, 6.07) is 1.03. The Morgan fingerprint density at radius 2 is 1.61 bits per heavy atom. The molecule has 9 heteroatoms. The first-order chi connectivity index (χ1) is 8.21. The number of aromatic amines is 2. The lowest BCUT2D eigenvalue weighted by molar-refractivity contribution is -0.136. The molecule has 0 saturated heterocycles. The molecule has 1 aromatic heterocycles. The van der Waals surface area contributed by atoms with Gasteiger partial charge in [0.1, 0.15) is 5.56 Å². The predicted octanol–water partition coefficient (Wildman–Crippen LogP) is 2.54. The number of alkyl halides is 3. The van der Waals surface area contributed by atoms with Crippen molar-refractivity contribution in [2.24, 2.45) is 0 Å². The summed E-state index contributed by atoms with van der Waals surface area (Å²) in [6.07, 6.45) is -4.82. The molecule has 0 aliphatic heterocycles.